The summed E-state index contributed by atoms with van der Waals surface area (Å²) >= 11 is 0. The van der Waals surface area contributed by atoms with Crippen LogP contribution in [0.3, 0.4) is 0 Å². The highest BCUT2D eigenvalue weighted by atomic mass is 16.5. The highest BCUT2D eigenvalue weighted by molar-refractivity contribution is 5.90. The van der Waals surface area contributed by atoms with Gasteiger partial charge in [-0.3, -0.25) is 9.69 Å². The summed E-state index contributed by atoms with van der Waals surface area (Å²) in [4.78, 5) is 24.7. The first kappa shape index (κ1) is 14.7. The average molecular weight is 278 g/mol. The third-order valence-electron chi connectivity index (χ3n) is 3.81. The van der Waals surface area contributed by atoms with Crippen LogP contribution in [-0.4, -0.2) is 65.5 Å². The van der Waals surface area contributed by atoms with Gasteiger partial charge in [0.15, 0.2) is 5.75 Å². The van der Waals surface area contributed by atoms with Crippen LogP contribution in [0.2, 0.25) is 0 Å². The number of aromatic nitrogens is 2. The van der Waals surface area contributed by atoms with E-state index in [2.05, 4.69) is 35.8 Å². The summed E-state index contributed by atoms with van der Waals surface area (Å²) in [7, 11) is 3.66. The zero-order valence-corrected chi connectivity index (χ0v) is 12.5. The molecule has 20 heavy (non-hydrogen) atoms. The Labute approximate surface area is 119 Å². The molecule has 0 unspecified atom stereocenters. The summed E-state index contributed by atoms with van der Waals surface area (Å²) < 4.78 is 5.00. The van der Waals surface area contributed by atoms with Crippen molar-refractivity contribution in [1.82, 2.24) is 19.8 Å². The molecular formula is C14H22N4O2. The van der Waals surface area contributed by atoms with Gasteiger partial charge < -0.3 is 9.64 Å². The van der Waals surface area contributed by atoms with Crippen molar-refractivity contribution in [3.05, 3.63) is 18.2 Å². The lowest BCUT2D eigenvalue weighted by atomic mass is 10.0. The summed E-state index contributed by atoms with van der Waals surface area (Å²) in [6.07, 6.45) is 3.05. The van der Waals surface area contributed by atoms with Crippen LogP contribution >= 0.6 is 0 Å². The van der Waals surface area contributed by atoms with Gasteiger partial charge in [-0.1, -0.05) is 13.8 Å². The van der Waals surface area contributed by atoms with Crippen molar-refractivity contribution in [3.63, 3.8) is 0 Å². The number of likely N-dealkylation sites (N-methyl/N-ethyl adjacent to an activating group) is 1. The van der Waals surface area contributed by atoms with Gasteiger partial charge in [-0.15, -0.1) is 0 Å². The predicted molar refractivity (Wildman–Crippen MR) is 75.7 cm³/mol. The number of rotatable bonds is 3. The number of nitrogens with zero attached hydrogens (tertiary/aromatic N) is 4. The predicted octanol–water partition coefficient (Wildman–Crippen LogP) is 0.897. The molecule has 1 aliphatic heterocycles. The van der Waals surface area contributed by atoms with E-state index in [9.17, 15) is 4.79 Å². The fourth-order valence-corrected chi connectivity index (χ4v) is 2.48. The molecule has 1 amide bonds. The fourth-order valence-electron chi connectivity index (χ4n) is 2.48. The lowest BCUT2D eigenvalue weighted by molar-refractivity contribution is 0.0454. The van der Waals surface area contributed by atoms with E-state index < -0.39 is 0 Å². The number of carbonyl (C=O) groups is 1. The first-order chi connectivity index (χ1) is 9.52. The van der Waals surface area contributed by atoms with Crippen molar-refractivity contribution in [2.75, 3.05) is 33.8 Å². The van der Waals surface area contributed by atoms with Gasteiger partial charge in [-0.25, -0.2) is 9.97 Å². The van der Waals surface area contributed by atoms with Crippen LogP contribution < -0.4 is 4.74 Å². The normalized spacial score (nSPS) is 20.2. The first-order valence-electron chi connectivity index (χ1n) is 6.88. The largest absolute Gasteiger partial charge is 0.494 e. The molecular weight excluding hydrogens is 256 g/mol. The van der Waals surface area contributed by atoms with Crippen LogP contribution in [0, 0.1) is 5.92 Å². The van der Waals surface area contributed by atoms with Gasteiger partial charge in [0.2, 0.25) is 5.82 Å². The Morgan fingerprint density at radius 2 is 2.00 bits per heavy atom. The smallest absolute Gasteiger partial charge is 0.291 e. The summed E-state index contributed by atoms with van der Waals surface area (Å²) in [5, 5.41) is 0. The summed E-state index contributed by atoms with van der Waals surface area (Å²) in [5.41, 5.74) is 0. The molecule has 0 bridgehead atoms. The second kappa shape index (κ2) is 6.17. The third-order valence-corrected chi connectivity index (χ3v) is 3.81. The minimum atomic E-state index is -0.105. The lowest BCUT2D eigenvalue weighted by Crippen LogP contribution is -2.55. The number of methoxy groups -OCH3 is 1. The maximum absolute atomic E-state index is 12.4. The molecule has 1 fully saturated rings. The van der Waals surface area contributed by atoms with E-state index in [1.165, 1.54) is 12.4 Å². The molecule has 0 radical (unpaired) electrons. The molecule has 1 aromatic rings. The van der Waals surface area contributed by atoms with Crippen molar-refractivity contribution >= 4 is 5.91 Å². The number of amides is 1. The van der Waals surface area contributed by atoms with E-state index in [0.29, 0.717) is 24.3 Å². The molecule has 1 atom stereocenters. The Balaban J connectivity index is 2.08. The quantitative estimate of drug-likeness (QED) is 0.822. The molecule has 2 heterocycles. The maximum Gasteiger partial charge on any atom is 0.291 e. The van der Waals surface area contributed by atoms with Gasteiger partial charge in [0.05, 0.1) is 19.5 Å². The molecule has 1 aliphatic rings. The highest BCUT2D eigenvalue weighted by Gasteiger charge is 2.30. The Hall–Kier alpha value is -1.69. The van der Waals surface area contributed by atoms with Crippen molar-refractivity contribution in [2.24, 2.45) is 5.92 Å². The van der Waals surface area contributed by atoms with Crippen LogP contribution in [-0.2, 0) is 0 Å². The molecule has 2 rings (SSSR count). The first-order valence-corrected chi connectivity index (χ1v) is 6.88. The molecule has 1 aromatic heterocycles. The van der Waals surface area contributed by atoms with Gasteiger partial charge >= 0.3 is 0 Å². The zero-order valence-electron chi connectivity index (χ0n) is 12.5. The van der Waals surface area contributed by atoms with Crippen LogP contribution in [0.4, 0.5) is 0 Å². The van der Waals surface area contributed by atoms with Gasteiger partial charge in [-0.2, -0.15) is 0 Å². The lowest BCUT2D eigenvalue weighted by Gasteiger charge is -2.41. The third kappa shape index (κ3) is 3.07. The molecule has 0 spiro atoms. The Bertz CT molecular complexity index is 461. The Morgan fingerprint density at radius 3 is 2.55 bits per heavy atom. The van der Waals surface area contributed by atoms with Crippen molar-refractivity contribution in [1.29, 1.82) is 0 Å². The van der Waals surface area contributed by atoms with Crippen LogP contribution in [0.15, 0.2) is 12.4 Å². The number of carbonyl (C=O) groups excluding carboxylic acids is 1. The molecule has 0 aliphatic carbocycles. The average Bonchev–Trinajstić information content (AvgIpc) is 2.47. The minimum Gasteiger partial charge on any atom is -0.494 e. The number of hydrogen-bond donors (Lipinski definition) is 0. The molecule has 6 heteroatoms. The van der Waals surface area contributed by atoms with Crippen LogP contribution in [0.25, 0.3) is 0 Å². The molecule has 0 aromatic carbocycles. The highest BCUT2D eigenvalue weighted by Crippen LogP contribution is 2.17. The summed E-state index contributed by atoms with van der Waals surface area (Å²) in [6.45, 7) is 6.68. The minimum absolute atomic E-state index is 0.105. The van der Waals surface area contributed by atoms with Crippen LogP contribution in [0.1, 0.15) is 24.5 Å². The number of hydrogen-bond acceptors (Lipinski definition) is 5. The van der Waals surface area contributed by atoms with E-state index in [0.717, 1.165) is 13.1 Å². The van der Waals surface area contributed by atoms with Crippen molar-refractivity contribution in [2.45, 2.75) is 19.9 Å². The SMILES string of the molecule is COc1cnc(C(=O)N2CCN(C)[C@@H](C(C)C)C2)nc1. The standard InChI is InChI=1S/C14H22N4O2/c1-10(2)12-9-18(6-5-17(12)3)14(19)13-15-7-11(20-4)8-16-13/h7-8,10,12H,5-6,9H2,1-4H3/t12-/m1/s1. The van der Waals surface area contributed by atoms with E-state index in [4.69, 9.17) is 4.74 Å². The Morgan fingerprint density at radius 1 is 1.35 bits per heavy atom. The molecule has 1 saturated heterocycles. The zero-order chi connectivity index (χ0) is 14.7. The topological polar surface area (TPSA) is 58.6 Å². The second-order valence-electron chi connectivity index (χ2n) is 5.49. The van der Waals surface area contributed by atoms with E-state index in [-0.39, 0.29) is 11.7 Å². The van der Waals surface area contributed by atoms with Gasteiger partial charge in [0.25, 0.3) is 5.91 Å². The van der Waals surface area contributed by atoms with Gasteiger partial charge in [-0.05, 0) is 13.0 Å². The number of piperazine rings is 1. The monoisotopic (exact) mass is 278 g/mol. The molecule has 6 nitrogen and oxygen atoms in total. The fraction of sp³-hybridized carbons (Fsp3) is 0.643. The van der Waals surface area contributed by atoms with Crippen molar-refractivity contribution in [3.8, 4) is 5.75 Å². The Kier molecular flexibility index (Phi) is 4.54. The molecule has 0 saturated carbocycles. The van der Waals surface area contributed by atoms with E-state index in [1.54, 1.807) is 7.11 Å². The summed E-state index contributed by atoms with van der Waals surface area (Å²) in [6, 6.07) is 0.381. The van der Waals surface area contributed by atoms with Gasteiger partial charge in [0, 0.05) is 25.7 Å². The second-order valence-corrected chi connectivity index (χ2v) is 5.49. The molecule has 0 N–H and O–H groups in total. The van der Waals surface area contributed by atoms with Gasteiger partial charge in [0.1, 0.15) is 0 Å². The number of ether oxygens (including phenoxy) is 1. The van der Waals surface area contributed by atoms with E-state index >= 15 is 0 Å². The summed E-state index contributed by atoms with van der Waals surface area (Å²) in [5.74, 6) is 1.19. The van der Waals surface area contributed by atoms with Crippen molar-refractivity contribution < 1.29 is 9.53 Å². The van der Waals surface area contributed by atoms with E-state index in [1.807, 2.05) is 4.90 Å². The molecule has 110 valence electrons. The van der Waals surface area contributed by atoms with Crippen LogP contribution in [0.5, 0.6) is 5.75 Å². The maximum atomic E-state index is 12.4.